The van der Waals surface area contributed by atoms with E-state index in [9.17, 15) is 0 Å². The number of benzene rings is 3. The summed E-state index contributed by atoms with van der Waals surface area (Å²) in [5, 5.41) is 5.41. The lowest BCUT2D eigenvalue weighted by molar-refractivity contribution is 0.778. The summed E-state index contributed by atoms with van der Waals surface area (Å²) in [6, 6.07) is 19.9. The van der Waals surface area contributed by atoms with Gasteiger partial charge in [0.2, 0.25) is 0 Å². The number of thioether (sulfide) groups is 1. The summed E-state index contributed by atoms with van der Waals surface area (Å²) in [5.74, 6) is 1.22. The second kappa shape index (κ2) is 6.32. The Morgan fingerprint density at radius 1 is 0.800 bits per heavy atom. The van der Waals surface area contributed by atoms with Crippen molar-refractivity contribution < 1.29 is 0 Å². The highest BCUT2D eigenvalue weighted by molar-refractivity contribution is 7.99. The van der Waals surface area contributed by atoms with Crippen molar-refractivity contribution in [3.05, 3.63) is 54.6 Å². The van der Waals surface area contributed by atoms with Gasteiger partial charge >= 0.3 is 0 Å². The molecule has 1 heteroatoms. The Labute approximate surface area is 125 Å². The molecule has 0 fully saturated rings. The molecule has 0 N–H and O–H groups in total. The first kappa shape index (κ1) is 13.5. The molecule has 3 aromatic rings. The van der Waals surface area contributed by atoms with Gasteiger partial charge in [-0.1, -0.05) is 56.2 Å². The molecule has 102 valence electrons. The molecule has 0 atom stereocenters. The topological polar surface area (TPSA) is 0 Å². The summed E-state index contributed by atoms with van der Waals surface area (Å²) >= 11 is 2.00. The molecule has 0 nitrogen and oxygen atoms in total. The summed E-state index contributed by atoms with van der Waals surface area (Å²) in [6.07, 6.45) is 3.94. The van der Waals surface area contributed by atoms with E-state index >= 15 is 0 Å². The summed E-state index contributed by atoms with van der Waals surface area (Å²) in [6.45, 7) is 2.26. The van der Waals surface area contributed by atoms with Gasteiger partial charge in [0.25, 0.3) is 0 Å². The molecule has 0 radical (unpaired) electrons. The summed E-state index contributed by atoms with van der Waals surface area (Å²) < 4.78 is 0. The molecule has 0 bridgehead atoms. The highest BCUT2D eigenvalue weighted by atomic mass is 32.2. The first-order valence-electron chi connectivity index (χ1n) is 7.43. The number of hydrogen-bond acceptors (Lipinski definition) is 1. The van der Waals surface area contributed by atoms with Crippen molar-refractivity contribution >= 4 is 33.3 Å². The minimum absolute atomic E-state index is 1.22. The summed E-state index contributed by atoms with van der Waals surface area (Å²) in [7, 11) is 0. The molecule has 0 aromatic heterocycles. The van der Waals surface area contributed by atoms with Crippen molar-refractivity contribution in [1.29, 1.82) is 0 Å². The Hall–Kier alpha value is -1.47. The van der Waals surface area contributed by atoms with Gasteiger partial charge in [0, 0.05) is 4.90 Å². The van der Waals surface area contributed by atoms with Crippen LogP contribution in [-0.2, 0) is 0 Å². The van der Waals surface area contributed by atoms with Crippen molar-refractivity contribution in [2.45, 2.75) is 31.1 Å². The molecule has 0 saturated heterocycles. The number of rotatable bonds is 5. The first-order valence-corrected chi connectivity index (χ1v) is 8.41. The Morgan fingerprint density at radius 2 is 1.55 bits per heavy atom. The maximum Gasteiger partial charge on any atom is 0.0151 e. The van der Waals surface area contributed by atoms with Gasteiger partial charge in [-0.25, -0.2) is 0 Å². The van der Waals surface area contributed by atoms with Crippen molar-refractivity contribution in [3.8, 4) is 0 Å². The number of fused-ring (bicyclic) bond motifs is 2. The third-order valence-electron chi connectivity index (χ3n) is 3.71. The predicted octanol–water partition coefficient (Wildman–Crippen LogP) is 6.28. The normalized spacial score (nSPS) is 11.2. The van der Waals surface area contributed by atoms with Crippen molar-refractivity contribution in [2.24, 2.45) is 0 Å². The van der Waals surface area contributed by atoms with E-state index in [-0.39, 0.29) is 0 Å². The standard InChI is InChI=1S/C19H20S/c1-2-3-6-12-20-19-11-7-10-17-13-15-8-4-5-9-16(15)14-18(17)19/h4-5,7-11,13-14H,2-3,6,12H2,1H3. The monoisotopic (exact) mass is 280 g/mol. The zero-order valence-corrected chi connectivity index (χ0v) is 12.7. The molecule has 0 amide bonds. The molecule has 20 heavy (non-hydrogen) atoms. The van der Waals surface area contributed by atoms with Crippen LogP contribution in [0.1, 0.15) is 26.2 Å². The van der Waals surface area contributed by atoms with Crippen LogP contribution in [0.5, 0.6) is 0 Å². The zero-order chi connectivity index (χ0) is 13.8. The number of hydrogen-bond donors (Lipinski definition) is 0. The Balaban J connectivity index is 1.97. The average Bonchev–Trinajstić information content (AvgIpc) is 2.50. The maximum atomic E-state index is 2.34. The average molecular weight is 280 g/mol. The van der Waals surface area contributed by atoms with Gasteiger partial charge < -0.3 is 0 Å². The van der Waals surface area contributed by atoms with Gasteiger partial charge in [-0.15, -0.1) is 11.8 Å². The molecule has 0 spiro atoms. The van der Waals surface area contributed by atoms with Gasteiger partial charge in [0.15, 0.2) is 0 Å². The quantitative estimate of drug-likeness (QED) is 0.301. The molecular weight excluding hydrogens is 260 g/mol. The van der Waals surface area contributed by atoms with E-state index in [1.54, 1.807) is 0 Å². The Morgan fingerprint density at radius 3 is 2.35 bits per heavy atom. The fraction of sp³-hybridized carbons (Fsp3) is 0.263. The van der Waals surface area contributed by atoms with Gasteiger partial charge in [-0.3, -0.25) is 0 Å². The lowest BCUT2D eigenvalue weighted by Gasteiger charge is -2.08. The fourth-order valence-electron chi connectivity index (χ4n) is 2.60. The minimum atomic E-state index is 1.22. The van der Waals surface area contributed by atoms with E-state index in [0.717, 1.165) is 0 Å². The molecule has 0 aliphatic carbocycles. The third-order valence-corrected chi connectivity index (χ3v) is 4.87. The van der Waals surface area contributed by atoms with Crippen molar-refractivity contribution in [3.63, 3.8) is 0 Å². The highest BCUT2D eigenvalue weighted by Gasteiger charge is 2.03. The minimum Gasteiger partial charge on any atom is -0.126 e. The molecule has 3 rings (SSSR count). The third kappa shape index (κ3) is 2.83. The second-order valence-electron chi connectivity index (χ2n) is 5.23. The van der Waals surface area contributed by atoms with Crippen LogP contribution in [-0.4, -0.2) is 5.75 Å². The molecule has 0 aliphatic rings. The van der Waals surface area contributed by atoms with E-state index in [4.69, 9.17) is 0 Å². The molecule has 3 aromatic carbocycles. The lowest BCUT2D eigenvalue weighted by atomic mass is 10.0. The van der Waals surface area contributed by atoms with Gasteiger partial charge in [0.1, 0.15) is 0 Å². The zero-order valence-electron chi connectivity index (χ0n) is 11.9. The molecule has 0 saturated carbocycles. The van der Waals surface area contributed by atoms with Crippen LogP contribution in [0.15, 0.2) is 59.5 Å². The van der Waals surface area contributed by atoms with E-state index in [0.29, 0.717) is 0 Å². The Kier molecular flexibility index (Phi) is 4.27. The number of unbranched alkanes of at least 4 members (excludes halogenated alkanes) is 2. The van der Waals surface area contributed by atoms with E-state index < -0.39 is 0 Å². The largest absolute Gasteiger partial charge is 0.126 e. The lowest BCUT2D eigenvalue weighted by Crippen LogP contribution is -1.83. The SMILES string of the molecule is CCCCCSc1cccc2cc3ccccc3cc12. The molecule has 0 aliphatic heterocycles. The highest BCUT2D eigenvalue weighted by Crippen LogP contribution is 2.31. The smallest absolute Gasteiger partial charge is 0.0151 e. The first-order chi connectivity index (χ1) is 9.88. The molecular formula is C19H20S. The molecule has 0 unspecified atom stereocenters. The fourth-order valence-corrected chi connectivity index (χ4v) is 3.67. The van der Waals surface area contributed by atoms with Crippen molar-refractivity contribution in [1.82, 2.24) is 0 Å². The summed E-state index contributed by atoms with van der Waals surface area (Å²) in [4.78, 5) is 1.42. The van der Waals surface area contributed by atoms with E-state index in [1.807, 2.05) is 11.8 Å². The van der Waals surface area contributed by atoms with E-state index in [1.165, 1.54) is 51.5 Å². The van der Waals surface area contributed by atoms with Crippen molar-refractivity contribution in [2.75, 3.05) is 5.75 Å². The summed E-state index contributed by atoms with van der Waals surface area (Å²) in [5.41, 5.74) is 0. The molecule has 0 heterocycles. The van der Waals surface area contributed by atoms with Gasteiger partial charge in [-0.05, 0) is 51.9 Å². The predicted molar refractivity (Wildman–Crippen MR) is 91.7 cm³/mol. The maximum absolute atomic E-state index is 2.34. The van der Waals surface area contributed by atoms with Crippen LogP contribution < -0.4 is 0 Å². The van der Waals surface area contributed by atoms with E-state index in [2.05, 4.69) is 61.5 Å². The van der Waals surface area contributed by atoms with Crippen LogP contribution in [0.2, 0.25) is 0 Å². The van der Waals surface area contributed by atoms with Crippen LogP contribution in [0.3, 0.4) is 0 Å². The van der Waals surface area contributed by atoms with Crippen LogP contribution >= 0.6 is 11.8 Å². The van der Waals surface area contributed by atoms with Crippen LogP contribution in [0.4, 0.5) is 0 Å². The second-order valence-corrected chi connectivity index (χ2v) is 6.37. The van der Waals surface area contributed by atoms with Gasteiger partial charge in [0.05, 0.1) is 0 Å². The van der Waals surface area contributed by atoms with Crippen LogP contribution in [0.25, 0.3) is 21.5 Å². The van der Waals surface area contributed by atoms with Crippen LogP contribution in [0, 0.1) is 0 Å². The Bertz CT molecular complexity index is 715. The van der Waals surface area contributed by atoms with Gasteiger partial charge in [-0.2, -0.15) is 0 Å².